The minimum Gasteiger partial charge on any atom is -0.489 e. The summed E-state index contributed by atoms with van der Waals surface area (Å²) in [6.07, 6.45) is 5.08. The Balaban J connectivity index is 0.00000441. The van der Waals surface area contributed by atoms with Gasteiger partial charge in [0, 0.05) is 20.6 Å². The molecule has 1 aromatic rings. The molecular formula is C16H25FIN3O. The van der Waals surface area contributed by atoms with Crippen molar-refractivity contribution in [3.63, 3.8) is 0 Å². The van der Waals surface area contributed by atoms with E-state index in [9.17, 15) is 4.39 Å². The normalized spacial score (nSPS) is 11.2. The van der Waals surface area contributed by atoms with Gasteiger partial charge in [0.15, 0.2) is 17.5 Å². The highest BCUT2D eigenvalue weighted by Crippen LogP contribution is 2.14. The van der Waals surface area contributed by atoms with E-state index in [1.165, 1.54) is 6.07 Å². The van der Waals surface area contributed by atoms with Crippen LogP contribution in [0.5, 0.6) is 5.75 Å². The summed E-state index contributed by atoms with van der Waals surface area (Å²) in [7, 11) is 3.67. The average molecular weight is 421 g/mol. The topological polar surface area (TPSA) is 36.9 Å². The number of rotatable bonds is 7. The zero-order valence-corrected chi connectivity index (χ0v) is 15.7. The first-order valence-corrected chi connectivity index (χ1v) is 7.09. The summed E-state index contributed by atoms with van der Waals surface area (Å²) < 4.78 is 18.8. The van der Waals surface area contributed by atoms with Crippen LogP contribution >= 0.6 is 24.0 Å². The van der Waals surface area contributed by atoms with E-state index in [1.807, 2.05) is 24.9 Å². The van der Waals surface area contributed by atoms with E-state index >= 15 is 0 Å². The summed E-state index contributed by atoms with van der Waals surface area (Å²) in [4.78, 5) is 6.16. The number of hydrogen-bond donors (Lipinski definition) is 1. The van der Waals surface area contributed by atoms with E-state index in [4.69, 9.17) is 4.74 Å². The molecule has 0 radical (unpaired) electrons. The van der Waals surface area contributed by atoms with E-state index in [2.05, 4.69) is 16.4 Å². The van der Waals surface area contributed by atoms with Crippen LogP contribution in [0.1, 0.15) is 13.3 Å². The van der Waals surface area contributed by atoms with Crippen LogP contribution < -0.4 is 10.1 Å². The molecule has 1 aromatic carbocycles. The summed E-state index contributed by atoms with van der Waals surface area (Å²) in [6, 6.07) is 6.41. The van der Waals surface area contributed by atoms with Crippen LogP contribution in [0.15, 0.2) is 41.4 Å². The van der Waals surface area contributed by atoms with Crippen LogP contribution in [0.25, 0.3) is 0 Å². The summed E-state index contributed by atoms with van der Waals surface area (Å²) in [6.45, 7) is 3.85. The molecule has 0 atom stereocenters. The number of halogens is 2. The lowest BCUT2D eigenvalue weighted by Crippen LogP contribution is -2.41. The molecule has 0 aliphatic carbocycles. The lowest BCUT2D eigenvalue weighted by atomic mass is 10.3. The maximum absolute atomic E-state index is 13.4. The first-order chi connectivity index (χ1) is 10.2. The maximum atomic E-state index is 13.4. The number of nitrogens with zero attached hydrogens (tertiary/aromatic N) is 2. The molecular weight excluding hydrogens is 396 g/mol. The first-order valence-electron chi connectivity index (χ1n) is 7.09. The van der Waals surface area contributed by atoms with Crippen LogP contribution in [0, 0.1) is 5.82 Å². The largest absolute Gasteiger partial charge is 0.489 e. The third-order valence-electron chi connectivity index (χ3n) is 2.92. The van der Waals surface area contributed by atoms with Crippen molar-refractivity contribution >= 4 is 29.9 Å². The van der Waals surface area contributed by atoms with E-state index in [0.29, 0.717) is 13.2 Å². The van der Waals surface area contributed by atoms with Crippen molar-refractivity contribution in [1.82, 2.24) is 10.2 Å². The number of allylic oxidation sites excluding steroid dienone is 1. The van der Waals surface area contributed by atoms with Crippen LogP contribution in [0.2, 0.25) is 0 Å². The Kier molecular flexibility index (Phi) is 11.5. The lowest BCUT2D eigenvalue weighted by molar-refractivity contribution is 0.270. The summed E-state index contributed by atoms with van der Waals surface area (Å²) in [5.41, 5.74) is 0. The Labute approximate surface area is 149 Å². The van der Waals surface area contributed by atoms with Crippen LogP contribution in [0.3, 0.4) is 0 Å². The molecule has 0 amide bonds. The highest BCUT2D eigenvalue weighted by molar-refractivity contribution is 14.0. The molecule has 0 saturated carbocycles. The Hall–Kier alpha value is -1.31. The lowest BCUT2D eigenvalue weighted by Gasteiger charge is -2.22. The second-order valence-electron chi connectivity index (χ2n) is 4.53. The maximum Gasteiger partial charge on any atom is 0.193 e. The molecule has 22 heavy (non-hydrogen) atoms. The number of benzene rings is 1. The molecule has 0 bridgehead atoms. The molecule has 0 aromatic heterocycles. The molecule has 4 nitrogen and oxygen atoms in total. The summed E-state index contributed by atoms with van der Waals surface area (Å²) in [5.74, 6) is 0.743. The molecule has 0 aliphatic rings. The predicted octanol–water partition coefficient (Wildman–Crippen LogP) is 3.30. The standard InChI is InChI=1S/C16H24FN3O.HI/c1-4-5-8-11-19-16(18-2)20(3)12-13-21-15-10-7-6-9-14(15)17;/h4-7,9-10H,8,11-13H2,1-3H3,(H,18,19);1H/b5-4+;. The SMILES string of the molecule is C/C=C/CCNC(=NC)N(C)CCOc1ccccc1F.I. The minimum atomic E-state index is -0.339. The molecule has 0 fully saturated rings. The number of guanidine groups is 1. The quantitative estimate of drug-likeness (QED) is 0.241. The minimum absolute atomic E-state index is 0. The zero-order chi connectivity index (χ0) is 15.5. The molecule has 0 saturated heterocycles. The van der Waals surface area contributed by atoms with Gasteiger partial charge in [-0.15, -0.1) is 24.0 Å². The number of aliphatic imine (C=N–C) groups is 1. The average Bonchev–Trinajstić information content (AvgIpc) is 2.49. The van der Waals surface area contributed by atoms with Gasteiger partial charge >= 0.3 is 0 Å². The molecule has 1 N–H and O–H groups in total. The van der Waals surface area contributed by atoms with Crippen molar-refractivity contribution in [3.05, 3.63) is 42.2 Å². The van der Waals surface area contributed by atoms with Gasteiger partial charge in [-0.1, -0.05) is 24.3 Å². The van der Waals surface area contributed by atoms with Gasteiger partial charge in [-0.3, -0.25) is 4.99 Å². The third-order valence-corrected chi connectivity index (χ3v) is 2.92. The van der Waals surface area contributed by atoms with Gasteiger partial charge in [-0.2, -0.15) is 0 Å². The van der Waals surface area contributed by atoms with E-state index in [-0.39, 0.29) is 35.5 Å². The second-order valence-corrected chi connectivity index (χ2v) is 4.53. The number of para-hydroxylation sites is 1. The Morgan fingerprint density at radius 1 is 1.41 bits per heavy atom. The van der Waals surface area contributed by atoms with E-state index in [1.54, 1.807) is 25.2 Å². The molecule has 124 valence electrons. The van der Waals surface area contributed by atoms with Gasteiger partial charge in [-0.05, 0) is 25.5 Å². The Morgan fingerprint density at radius 2 is 2.14 bits per heavy atom. The number of ether oxygens (including phenoxy) is 1. The second kappa shape index (κ2) is 12.3. The van der Waals surface area contributed by atoms with Crippen molar-refractivity contribution in [2.24, 2.45) is 4.99 Å². The number of likely N-dealkylation sites (N-methyl/N-ethyl adjacent to an activating group) is 1. The van der Waals surface area contributed by atoms with E-state index < -0.39 is 0 Å². The molecule has 0 aliphatic heterocycles. The van der Waals surface area contributed by atoms with Crippen molar-refractivity contribution < 1.29 is 9.13 Å². The van der Waals surface area contributed by atoms with Crippen molar-refractivity contribution in [3.8, 4) is 5.75 Å². The molecule has 6 heteroatoms. The highest BCUT2D eigenvalue weighted by atomic mass is 127. The molecule has 0 unspecified atom stereocenters. The Bertz CT molecular complexity index is 480. The fraction of sp³-hybridized carbons (Fsp3) is 0.438. The molecule has 0 spiro atoms. The van der Waals surface area contributed by atoms with Crippen LogP contribution in [-0.2, 0) is 0 Å². The van der Waals surface area contributed by atoms with Gasteiger partial charge in [0.1, 0.15) is 6.61 Å². The highest BCUT2D eigenvalue weighted by Gasteiger charge is 2.06. The van der Waals surface area contributed by atoms with Crippen molar-refractivity contribution in [1.29, 1.82) is 0 Å². The predicted molar refractivity (Wildman–Crippen MR) is 101 cm³/mol. The zero-order valence-electron chi connectivity index (χ0n) is 13.4. The first kappa shape index (κ1) is 20.7. The van der Waals surface area contributed by atoms with Crippen molar-refractivity contribution in [2.75, 3.05) is 33.8 Å². The van der Waals surface area contributed by atoms with Gasteiger partial charge < -0.3 is 15.0 Å². The smallest absolute Gasteiger partial charge is 0.193 e. The summed E-state index contributed by atoms with van der Waals surface area (Å²) >= 11 is 0. The van der Waals surface area contributed by atoms with Gasteiger partial charge in [0.05, 0.1) is 6.54 Å². The van der Waals surface area contributed by atoms with Gasteiger partial charge in [0.25, 0.3) is 0 Å². The fourth-order valence-corrected chi connectivity index (χ4v) is 1.78. The monoisotopic (exact) mass is 421 g/mol. The van der Waals surface area contributed by atoms with Gasteiger partial charge in [-0.25, -0.2) is 4.39 Å². The molecule has 0 heterocycles. The van der Waals surface area contributed by atoms with Crippen LogP contribution in [0.4, 0.5) is 4.39 Å². The number of nitrogens with one attached hydrogen (secondary N) is 1. The van der Waals surface area contributed by atoms with Crippen LogP contribution in [-0.4, -0.2) is 44.7 Å². The Morgan fingerprint density at radius 3 is 2.77 bits per heavy atom. The number of hydrogen-bond acceptors (Lipinski definition) is 2. The van der Waals surface area contributed by atoms with E-state index in [0.717, 1.165) is 18.9 Å². The fourth-order valence-electron chi connectivity index (χ4n) is 1.78. The van der Waals surface area contributed by atoms with Gasteiger partial charge in [0.2, 0.25) is 0 Å². The third kappa shape index (κ3) is 7.63. The van der Waals surface area contributed by atoms with Crippen molar-refractivity contribution in [2.45, 2.75) is 13.3 Å². The molecule has 1 rings (SSSR count). The summed E-state index contributed by atoms with van der Waals surface area (Å²) in [5, 5.41) is 3.26.